The number of benzene rings is 1. The number of para-hydroxylation sites is 2. The van der Waals surface area contributed by atoms with E-state index in [1.165, 1.54) is 0 Å². The van der Waals surface area contributed by atoms with Crippen molar-refractivity contribution in [1.82, 2.24) is 14.5 Å². The van der Waals surface area contributed by atoms with Crippen molar-refractivity contribution < 1.29 is 9.53 Å². The molecule has 1 saturated heterocycles. The van der Waals surface area contributed by atoms with E-state index in [0.29, 0.717) is 19.6 Å². The predicted octanol–water partition coefficient (Wildman–Crippen LogP) is 2.98. The molecule has 0 saturated carbocycles. The zero-order valence-corrected chi connectivity index (χ0v) is 14.5. The first-order valence-electron chi connectivity index (χ1n) is 8.49. The maximum absolute atomic E-state index is 12.3. The summed E-state index contributed by atoms with van der Waals surface area (Å²) in [5, 5.41) is 0. The van der Waals surface area contributed by atoms with E-state index in [1.807, 2.05) is 45.0 Å². The minimum Gasteiger partial charge on any atom is -0.444 e. The number of amides is 1. The van der Waals surface area contributed by atoms with Gasteiger partial charge >= 0.3 is 11.8 Å². The molecule has 6 heteroatoms. The van der Waals surface area contributed by atoms with Crippen molar-refractivity contribution in [3.05, 3.63) is 34.7 Å². The van der Waals surface area contributed by atoms with Crippen LogP contribution in [0, 0.1) is 5.92 Å². The second-order valence-corrected chi connectivity index (χ2v) is 7.49. The summed E-state index contributed by atoms with van der Waals surface area (Å²) in [6.45, 7) is 7.57. The number of ether oxygens (including phenoxy) is 1. The fraction of sp³-hybridized carbons (Fsp3) is 0.556. The smallest absolute Gasteiger partial charge is 0.410 e. The summed E-state index contributed by atoms with van der Waals surface area (Å²) < 4.78 is 7.24. The zero-order chi connectivity index (χ0) is 17.3. The highest BCUT2D eigenvalue weighted by Gasteiger charge is 2.28. The van der Waals surface area contributed by atoms with Gasteiger partial charge in [-0.2, -0.15) is 0 Å². The van der Waals surface area contributed by atoms with Crippen molar-refractivity contribution in [3.8, 4) is 0 Å². The van der Waals surface area contributed by atoms with Crippen molar-refractivity contribution in [2.45, 2.75) is 45.8 Å². The lowest BCUT2D eigenvalue weighted by molar-refractivity contribution is 0.0157. The van der Waals surface area contributed by atoms with Crippen molar-refractivity contribution in [2.24, 2.45) is 5.92 Å². The van der Waals surface area contributed by atoms with Gasteiger partial charge in [0.05, 0.1) is 11.0 Å². The largest absolute Gasteiger partial charge is 0.444 e. The van der Waals surface area contributed by atoms with Crippen LogP contribution in [0.1, 0.15) is 33.6 Å². The second kappa shape index (κ2) is 6.34. The number of imidazole rings is 1. The molecule has 0 radical (unpaired) electrons. The summed E-state index contributed by atoms with van der Waals surface area (Å²) >= 11 is 0. The standard InChI is InChI=1S/C18H25N3O3/c1-18(2,3)24-17(23)20-10-6-7-13(11-20)12-21-15-9-5-4-8-14(15)19-16(21)22/h4-5,8-9,13H,6-7,10-12H2,1-3H3,(H,19,22). The molecule has 6 nitrogen and oxygen atoms in total. The van der Waals surface area contributed by atoms with Crippen LogP contribution in [0.15, 0.2) is 29.1 Å². The van der Waals surface area contributed by atoms with Gasteiger partial charge in [0.2, 0.25) is 0 Å². The molecule has 1 unspecified atom stereocenters. The molecule has 1 amide bonds. The Labute approximate surface area is 141 Å². The van der Waals surface area contributed by atoms with E-state index >= 15 is 0 Å². The summed E-state index contributed by atoms with van der Waals surface area (Å²) in [4.78, 5) is 29.1. The number of likely N-dealkylation sites (tertiary alicyclic amines) is 1. The Morgan fingerprint density at radius 2 is 2.08 bits per heavy atom. The fourth-order valence-corrected chi connectivity index (χ4v) is 3.25. The summed E-state index contributed by atoms with van der Waals surface area (Å²) in [5.74, 6) is 0.253. The molecule has 1 aromatic heterocycles. The van der Waals surface area contributed by atoms with E-state index < -0.39 is 5.60 Å². The van der Waals surface area contributed by atoms with Gasteiger partial charge in [-0.15, -0.1) is 0 Å². The molecule has 0 aliphatic carbocycles. The third kappa shape index (κ3) is 3.63. The summed E-state index contributed by atoms with van der Waals surface area (Å²) in [5.41, 5.74) is 1.18. The van der Waals surface area contributed by atoms with E-state index in [1.54, 1.807) is 9.47 Å². The van der Waals surface area contributed by atoms with E-state index in [9.17, 15) is 9.59 Å². The third-order valence-corrected chi connectivity index (χ3v) is 4.29. The maximum atomic E-state index is 12.3. The number of H-pyrrole nitrogens is 1. The molecule has 0 bridgehead atoms. The Balaban J connectivity index is 1.72. The first kappa shape index (κ1) is 16.6. The molecular weight excluding hydrogens is 306 g/mol. The Kier molecular flexibility index (Phi) is 4.39. The van der Waals surface area contributed by atoms with Crippen molar-refractivity contribution in [2.75, 3.05) is 13.1 Å². The lowest BCUT2D eigenvalue weighted by Gasteiger charge is -2.34. The number of aromatic nitrogens is 2. The minimum atomic E-state index is -0.488. The molecule has 1 aliphatic heterocycles. The van der Waals surface area contributed by atoms with Crippen LogP contribution in [0.25, 0.3) is 11.0 Å². The van der Waals surface area contributed by atoms with Crippen LogP contribution in [-0.4, -0.2) is 39.2 Å². The molecule has 1 aromatic carbocycles. The summed E-state index contributed by atoms with van der Waals surface area (Å²) in [7, 11) is 0. The number of carbonyl (C=O) groups excluding carboxylic acids is 1. The van der Waals surface area contributed by atoms with Gasteiger partial charge in [-0.3, -0.25) is 4.57 Å². The normalized spacial score (nSPS) is 18.8. The fourth-order valence-electron chi connectivity index (χ4n) is 3.25. The number of nitrogens with zero attached hydrogens (tertiary/aromatic N) is 2. The number of aromatic amines is 1. The van der Waals surface area contributed by atoms with E-state index in [2.05, 4.69) is 4.98 Å². The van der Waals surface area contributed by atoms with Gasteiger partial charge in [0.25, 0.3) is 0 Å². The molecule has 130 valence electrons. The second-order valence-electron chi connectivity index (χ2n) is 7.49. The topological polar surface area (TPSA) is 67.3 Å². The molecule has 3 rings (SSSR count). The lowest BCUT2D eigenvalue weighted by atomic mass is 9.98. The van der Waals surface area contributed by atoms with E-state index in [4.69, 9.17) is 4.74 Å². The van der Waals surface area contributed by atoms with Gasteiger partial charge in [0, 0.05) is 19.6 Å². The molecule has 2 heterocycles. The average molecular weight is 331 g/mol. The number of fused-ring (bicyclic) bond motifs is 1. The van der Waals surface area contributed by atoms with Crippen LogP contribution in [0.4, 0.5) is 4.79 Å². The van der Waals surface area contributed by atoms with Crippen molar-refractivity contribution >= 4 is 17.1 Å². The van der Waals surface area contributed by atoms with E-state index in [-0.39, 0.29) is 17.7 Å². The number of hydrogen-bond donors (Lipinski definition) is 1. The average Bonchev–Trinajstić information content (AvgIpc) is 2.82. The molecule has 1 N–H and O–H groups in total. The zero-order valence-electron chi connectivity index (χ0n) is 14.5. The van der Waals surface area contributed by atoms with Crippen LogP contribution in [0.5, 0.6) is 0 Å². The Bertz CT molecular complexity index is 785. The number of rotatable bonds is 2. The molecule has 24 heavy (non-hydrogen) atoms. The lowest BCUT2D eigenvalue weighted by Crippen LogP contribution is -2.44. The van der Waals surface area contributed by atoms with Crippen molar-refractivity contribution in [3.63, 3.8) is 0 Å². The molecule has 2 aromatic rings. The summed E-state index contributed by atoms with van der Waals surface area (Å²) in [6, 6.07) is 7.69. The number of carbonyl (C=O) groups is 1. The van der Waals surface area contributed by atoms with Gasteiger partial charge in [-0.25, -0.2) is 9.59 Å². The Morgan fingerprint density at radius 1 is 1.33 bits per heavy atom. The first-order chi connectivity index (χ1) is 11.3. The monoisotopic (exact) mass is 331 g/mol. The maximum Gasteiger partial charge on any atom is 0.410 e. The van der Waals surface area contributed by atoms with Gasteiger partial charge in [0.15, 0.2) is 0 Å². The van der Waals surface area contributed by atoms with Gasteiger partial charge in [-0.1, -0.05) is 12.1 Å². The number of nitrogens with one attached hydrogen (secondary N) is 1. The molecule has 1 atom stereocenters. The van der Waals surface area contributed by atoms with Crippen LogP contribution in [-0.2, 0) is 11.3 Å². The molecule has 0 spiro atoms. The summed E-state index contributed by atoms with van der Waals surface area (Å²) in [6.07, 6.45) is 1.67. The number of piperidine rings is 1. The third-order valence-electron chi connectivity index (χ3n) is 4.29. The highest BCUT2D eigenvalue weighted by atomic mass is 16.6. The molecule has 1 fully saturated rings. The highest BCUT2D eigenvalue weighted by Crippen LogP contribution is 2.21. The van der Waals surface area contributed by atoms with Crippen LogP contribution in [0.2, 0.25) is 0 Å². The quantitative estimate of drug-likeness (QED) is 0.920. The molecular formula is C18H25N3O3. The Hall–Kier alpha value is -2.24. The van der Waals surface area contributed by atoms with Crippen LogP contribution >= 0.6 is 0 Å². The SMILES string of the molecule is CC(C)(C)OC(=O)N1CCCC(Cn2c(=O)[nH]c3ccccc32)C1. The van der Waals surface area contributed by atoms with Gasteiger partial charge in [0.1, 0.15) is 5.60 Å². The highest BCUT2D eigenvalue weighted by molar-refractivity contribution is 5.74. The van der Waals surface area contributed by atoms with Crippen molar-refractivity contribution in [1.29, 1.82) is 0 Å². The van der Waals surface area contributed by atoms with E-state index in [0.717, 1.165) is 23.9 Å². The number of hydrogen-bond acceptors (Lipinski definition) is 3. The predicted molar refractivity (Wildman–Crippen MR) is 93.1 cm³/mol. The Morgan fingerprint density at radius 3 is 2.83 bits per heavy atom. The van der Waals surface area contributed by atoms with Gasteiger partial charge < -0.3 is 14.6 Å². The van der Waals surface area contributed by atoms with Crippen LogP contribution in [0.3, 0.4) is 0 Å². The van der Waals surface area contributed by atoms with Crippen LogP contribution < -0.4 is 5.69 Å². The minimum absolute atomic E-state index is 0.0920. The van der Waals surface area contributed by atoms with Gasteiger partial charge in [-0.05, 0) is 51.7 Å². The first-order valence-corrected chi connectivity index (χ1v) is 8.49. The molecule has 1 aliphatic rings.